The second-order valence-corrected chi connectivity index (χ2v) is 4.08. The first kappa shape index (κ1) is 14.4. The minimum atomic E-state index is -4.80. The van der Waals surface area contributed by atoms with Gasteiger partial charge < -0.3 is 0 Å². The molecule has 1 nitrogen and oxygen atoms in total. The van der Waals surface area contributed by atoms with E-state index in [0.717, 1.165) is 18.2 Å². The fraction of sp³-hybridized carbons (Fsp3) is 0.154. The van der Waals surface area contributed by atoms with Crippen molar-refractivity contribution in [3.05, 3.63) is 47.0 Å². The standard InChI is InChI=1S/C13H6F6O/c14-12(15,16)10-3-4-11(13(17,18)19)9-5-7(6-20)1-2-8(9)10/h1-6H. The highest BCUT2D eigenvalue weighted by Crippen LogP contribution is 2.41. The van der Waals surface area contributed by atoms with Crippen LogP contribution < -0.4 is 0 Å². The van der Waals surface area contributed by atoms with Gasteiger partial charge in [-0.1, -0.05) is 12.1 Å². The Morgan fingerprint density at radius 1 is 0.750 bits per heavy atom. The number of rotatable bonds is 1. The SMILES string of the molecule is O=Cc1ccc2c(C(F)(F)F)ccc(C(F)(F)F)c2c1. The maximum Gasteiger partial charge on any atom is 0.417 e. The van der Waals surface area contributed by atoms with Gasteiger partial charge in [0.2, 0.25) is 0 Å². The molecule has 7 heteroatoms. The molecule has 0 bridgehead atoms. The number of carbonyl (C=O) groups excluding carboxylic acids is 1. The largest absolute Gasteiger partial charge is 0.417 e. The number of aldehydes is 1. The van der Waals surface area contributed by atoms with Crippen LogP contribution in [0.15, 0.2) is 30.3 Å². The summed E-state index contributed by atoms with van der Waals surface area (Å²) in [6, 6.07) is 3.49. The van der Waals surface area contributed by atoms with Crippen molar-refractivity contribution in [3.63, 3.8) is 0 Å². The zero-order chi connectivity index (χ0) is 15.1. The molecule has 0 saturated carbocycles. The average Bonchev–Trinajstić information content (AvgIpc) is 2.34. The van der Waals surface area contributed by atoms with E-state index in [2.05, 4.69) is 0 Å². The van der Waals surface area contributed by atoms with Crippen LogP contribution >= 0.6 is 0 Å². The first-order chi connectivity index (χ1) is 9.14. The van der Waals surface area contributed by atoms with E-state index in [-0.39, 0.29) is 11.8 Å². The van der Waals surface area contributed by atoms with Crippen LogP contribution in [0.5, 0.6) is 0 Å². The quantitative estimate of drug-likeness (QED) is 0.550. The number of benzene rings is 2. The Kier molecular flexibility index (Phi) is 3.23. The Labute approximate surface area is 108 Å². The first-order valence-corrected chi connectivity index (χ1v) is 5.31. The summed E-state index contributed by atoms with van der Waals surface area (Å²) in [5.41, 5.74) is -2.50. The molecular formula is C13H6F6O. The van der Waals surface area contributed by atoms with Crippen LogP contribution in [0.25, 0.3) is 10.8 Å². The number of carbonyl (C=O) groups is 1. The van der Waals surface area contributed by atoms with E-state index in [1.165, 1.54) is 0 Å². The van der Waals surface area contributed by atoms with Crippen LogP contribution in [-0.4, -0.2) is 6.29 Å². The van der Waals surface area contributed by atoms with Gasteiger partial charge in [-0.2, -0.15) is 26.3 Å². The second-order valence-electron chi connectivity index (χ2n) is 4.08. The predicted molar refractivity (Wildman–Crippen MR) is 59.3 cm³/mol. The van der Waals surface area contributed by atoms with Gasteiger partial charge in [0.1, 0.15) is 6.29 Å². The van der Waals surface area contributed by atoms with Crippen molar-refractivity contribution < 1.29 is 31.1 Å². The third kappa shape index (κ3) is 2.48. The molecule has 2 aromatic carbocycles. The molecule has 0 aliphatic rings. The Morgan fingerprint density at radius 2 is 1.25 bits per heavy atom. The normalized spacial score (nSPS) is 12.7. The summed E-state index contributed by atoms with van der Waals surface area (Å²) in [4.78, 5) is 10.6. The van der Waals surface area contributed by atoms with Gasteiger partial charge in [-0.25, -0.2) is 0 Å². The van der Waals surface area contributed by atoms with Crippen molar-refractivity contribution in [1.29, 1.82) is 0 Å². The molecule has 0 aromatic heterocycles. The van der Waals surface area contributed by atoms with Crippen molar-refractivity contribution in [3.8, 4) is 0 Å². The van der Waals surface area contributed by atoms with E-state index in [1.807, 2.05) is 0 Å². The fourth-order valence-electron chi connectivity index (χ4n) is 1.93. The van der Waals surface area contributed by atoms with Crippen LogP contribution in [0.4, 0.5) is 26.3 Å². The molecule has 106 valence electrons. The van der Waals surface area contributed by atoms with E-state index >= 15 is 0 Å². The zero-order valence-electron chi connectivity index (χ0n) is 9.64. The molecule has 0 fully saturated rings. The lowest BCUT2D eigenvalue weighted by Gasteiger charge is -2.15. The lowest BCUT2D eigenvalue weighted by atomic mass is 9.97. The number of hydrogen-bond donors (Lipinski definition) is 0. The van der Waals surface area contributed by atoms with Gasteiger partial charge >= 0.3 is 12.4 Å². The van der Waals surface area contributed by atoms with E-state index in [4.69, 9.17) is 0 Å². The van der Waals surface area contributed by atoms with E-state index in [0.29, 0.717) is 12.1 Å². The van der Waals surface area contributed by atoms with Crippen LogP contribution in [-0.2, 0) is 12.4 Å². The monoisotopic (exact) mass is 292 g/mol. The molecule has 0 unspecified atom stereocenters. The van der Waals surface area contributed by atoms with Gasteiger partial charge in [-0.05, 0) is 29.0 Å². The van der Waals surface area contributed by atoms with Gasteiger partial charge in [-0.15, -0.1) is 0 Å². The molecule has 0 heterocycles. The molecule has 0 radical (unpaired) electrons. The molecule has 0 aliphatic carbocycles. The third-order valence-corrected chi connectivity index (χ3v) is 2.79. The van der Waals surface area contributed by atoms with Crippen molar-refractivity contribution in [1.82, 2.24) is 0 Å². The lowest BCUT2D eigenvalue weighted by Crippen LogP contribution is -2.10. The molecule has 0 saturated heterocycles. The lowest BCUT2D eigenvalue weighted by molar-refractivity contribution is -0.139. The highest BCUT2D eigenvalue weighted by molar-refractivity contribution is 5.93. The summed E-state index contributed by atoms with van der Waals surface area (Å²) in [5.74, 6) is 0. The Hall–Kier alpha value is -2.05. The summed E-state index contributed by atoms with van der Waals surface area (Å²) in [7, 11) is 0. The minimum absolute atomic E-state index is 0.123. The topological polar surface area (TPSA) is 17.1 Å². The van der Waals surface area contributed by atoms with Gasteiger partial charge in [0.15, 0.2) is 0 Å². The molecule has 0 aliphatic heterocycles. The second kappa shape index (κ2) is 4.50. The highest BCUT2D eigenvalue weighted by atomic mass is 19.4. The van der Waals surface area contributed by atoms with Gasteiger partial charge in [0, 0.05) is 5.56 Å². The Bertz CT molecular complexity index is 669. The number of fused-ring (bicyclic) bond motifs is 1. The predicted octanol–water partition coefficient (Wildman–Crippen LogP) is 4.69. The van der Waals surface area contributed by atoms with E-state index in [1.54, 1.807) is 0 Å². The molecule has 0 amide bonds. The summed E-state index contributed by atoms with van der Waals surface area (Å²) in [6.45, 7) is 0. The van der Waals surface area contributed by atoms with Gasteiger partial charge in [0.25, 0.3) is 0 Å². The molecule has 2 rings (SSSR count). The number of halogens is 6. The van der Waals surface area contributed by atoms with Crippen molar-refractivity contribution >= 4 is 17.1 Å². The Morgan fingerprint density at radius 3 is 1.70 bits per heavy atom. The summed E-state index contributed by atoms with van der Waals surface area (Å²) in [5, 5.41) is -1.23. The number of hydrogen-bond acceptors (Lipinski definition) is 1. The average molecular weight is 292 g/mol. The third-order valence-electron chi connectivity index (χ3n) is 2.79. The van der Waals surface area contributed by atoms with E-state index in [9.17, 15) is 31.1 Å². The van der Waals surface area contributed by atoms with Crippen LogP contribution in [0.1, 0.15) is 21.5 Å². The zero-order valence-corrected chi connectivity index (χ0v) is 9.64. The molecular weight excluding hydrogens is 286 g/mol. The van der Waals surface area contributed by atoms with Crippen LogP contribution in [0.2, 0.25) is 0 Å². The van der Waals surface area contributed by atoms with Crippen molar-refractivity contribution in [2.24, 2.45) is 0 Å². The smallest absolute Gasteiger partial charge is 0.298 e. The summed E-state index contributed by atoms with van der Waals surface area (Å²) < 4.78 is 76.8. The maximum atomic E-state index is 12.8. The highest BCUT2D eigenvalue weighted by Gasteiger charge is 2.37. The molecule has 20 heavy (non-hydrogen) atoms. The van der Waals surface area contributed by atoms with Crippen LogP contribution in [0.3, 0.4) is 0 Å². The van der Waals surface area contributed by atoms with Crippen LogP contribution in [0, 0.1) is 0 Å². The van der Waals surface area contributed by atoms with Crippen molar-refractivity contribution in [2.75, 3.05) is 0 Å². The first-order valence-electron chi connectivity index (χ1n) is 5.31. The molecule has 0 spiro atoms. The van der Waals surface area contributed by atoms with Gasteiger partial charge in [-0.3, -0.25) is 4.79 Å². The molecule has 0 N–H and O–H groups in total. The maximum absolute atomic E-state index is 12.8. The Balaban J connectivity index is 2.89. The minimum Gasteiger partial charge on any atom is -0.298 e. The van der Waals surface area contributed by atoms with Crippen molar-refractivity contribution in [2.45, 2.75) is 12.4 Å². The number of alkyl halides is 6. The fourth-order valence-corrected chi connectivity index (χ4v) is 1.93. The van der Waals surface area contributed by atoms with E-state index < -0.39 is 34.3 Å². The summed E-state index contributed by atoms with van der Waals surface area (Å²) in [6.07, 6.45) is -9.30. The molecule has 0 atom stereocenters. The molecule has 2 aromatic rings. The summed E-state index contributed by atoms with van der Waals surface area (Å²) >= 11 is 0. The van der Waals surface area contributed by atoms with Gasteiger partial charge in [0.05, 0.1) is 11.1 Å².